The molecule has 9 heteroatoms. The summed E-state index contributed by atoms with van der Waals surface area (Å²) < 4.78 is 28.6. The fraction of sp³-hybridized carbons (Fsp3) is 0.545. The molecule has 2 fully saturated rings. The van der Waals surface area contributed by atoms with Crippen molar-refractivity contribution < 1.29 is 28.5 Å². The lowest BCUT2D eigenvalue weighted by Crippen LogP contribution is -2.58. The van der Waals surface area contributed by atoms with Crippen molar-refractivity contribution in [2.75, 3.05) is 14.2 Å². The van der Waals surface area contributed by atoms with E-state index in [0.29, 0.717) is 29.4 Å². The van der Waals surface area contributed by atoms with Crippen molar-refractivity contribution in [1.82, 2.24) is 9.55 Å². The number of Topliss-reactive ketones (excluding diaryl/α,β-unsaturated/α-hetero) is 1. The lowest BCUT2D eigenvalue weighted by atomic mass is 9.68. The zero-order chi connectivity index (χ0) is 38.1. The molecule has 3 aliphatic heterocycles. The maximum atomic E-state index is 14.4. The van der Waals surface area contributed by atoms with Crippen LogP contribution >= 0.6 is 0 Å². The van der Waals surface area contributed by atoms with Gasteiger partial charge in [-0.2, -0.15) is 0 Å². The molecular weight excluding hydrogens is 666 g/mol. The van der Waals surface area contributed by atoms with Gasteiger partial charge in [0.05, 0.1) is 42.9 Å². The van der Waals surface area contributed by atoms with Gasteiger partial charge in [-0.3, -0.25) is 4.79 Å². The summed E-state index contributed by atoms with van der Waals surface area (Å²) in [6, 6.07) is -0.0278. The summed E-state index contributed by atoms with van der Waals surface area (Å²) in [6.07, 6.45) is 17.6. The number of carbonyl (C=O) groups excluding carboxylic acids is 2. The van der Waals surface area contributed by atoms with E-state index < -0.39 is 23.1 Å². The molecule has 5 aliphatic rings. The van der Waals surface area contributed by atoms with Gasteiger partial charge in [0.25, 0.3) is 0 Å². The summed E-state index contributed by atoms with van der Waals surface area (Å²) in [5, 5.41) is 0. The zero-order valence-corrected chi connectivity index (χ0v) is 33.2. The van der Waals surface area contributed by atoms with Gasteiger partial charge in [-0.05, 0) is 104 Å². The fourth-order valence-electron chi connectivity index (χ4n) is 10.5. The van der Waals surface area contributed by atoms with Crippen LogP contribution in [0.5, 0.6) is 17.2 Å². The number of benzene rings is 1. The average Bonchev–Trinajstić information content (AvgIpc) is 3.76. The number of aliphatic imine (C=N–C) groups is 1. The second-order valence-electron chi connectivity index (χ2n) is 16.8. The van der Waals surface area contributed by atoms with Crippen LogP contribution in [0, 0.1) is 35.5 Å². The molecule has 0 amide bonds. The lowest BCUT2D eigenvalue weighted by molar-refractivity contribution is -0.136. The number of aromatic nitrogens is 2. The average molecular weight is 722 g/mol. The van der Waals surface area contributed by atoms with Gasteiger partial charge in [-0.25, -0.2) is 14.8 Å². The summed E-state index contributed by atoms with van der Waals surface area (Å²) in [7, 11) is 3.10. The second-order valence-corrected chi connectivity index (χ2v) is 16.8. The number of allylic oxidation sites excluding steroid dienone is 5. The highest BCUT2D eigenvalue weighted by molar-refractivity contribution is 6.12. The van der Waals surface area contributed by atoms with Gasteiger partial charge in [0, 0.05) is 35.5 Å². The van der Waals surface area contributed by atoms with Gasteiger partial charge in [0.2, 0.25) is 5.95 Å². The van der Waals surface area contributed by atoms with Crippen LogP contribution in [0.4, 0.5) is 5.95 Å². The summed E-state index contributed by atoms with van der Waals surface area (Å²) in [4.78, 5) is 37.3. The molecule has 1 spiro atoms. The quantitative estimate of drug-likeness (QED) is 0.137. The molecule has 1 aromatic heterocycles. The molecule has 2 aliphatic carbocycles. The Morgan fingerprint density at radius 3 is 2.43 bits per heavy atom. The third-order valence-corrected chi connectivity index (χ3v) is 12.5. The SMILES string of the molecule is COC(=O)C(C)=CC1C(C(C)C)C2CC3C4C(=Nc5nccn53)c3c(OC)c5c(c(CC=C(C)C)c3OC24C1C(C)=O)OC(C)(CCC=C(C)C)C=C5. The fourth-order valence-corrected chi connectivity index (χ4v) is 10.5. The van der Waals surface area contributed by atoms with Crippen molar-refractivity contribution in [3.63, 3.8) is 0 Å². The Hall–Kier alpha value is -4.40. The molecule has 2 aromatic rings. The van der Waals surface area contributed by atoms with Crippen LogP contribution in [0.1, 0.15) is 104 Å². The van der Waals surface area contributed by atoms with Gasteiger partial charge in [-0.15, -0.1) is 0 Å². The van der Waals surface area contributed by atoms with E-state index in [1.165, 1.54) is 18.3 Å². The highest BCUT2D eigenvalue weighted by atomic mass is 16.5. The molecule has 4 heterocycles. The molecule has 9 nitrogen and oxygen atoms in total. The van der Waals surface area contributed by atoms with E-state index in [1.807, 2.05) is 18.5 Å². The van der Waals surface area contributed by atoms with Crippen LogP contribution in [0.3, 0.4) is 0 Å². The molecule has 53 heavy (non-hydrogen) atoms. The molecule has 8 unspecified atom stereocenters. The minimum absolute atomic E-state index is 0.0278. The first-order valence-corrected chi connectivity index (χ1v) is 19.2. The first-order chi connectivity index (χ1) is 25.2. The highest BCUT2D eigenvalue weighted by Gasteiger charge is 2.75. The number of esters is 1. The van der Waals surface area contributed by atoms with Crippen molar-refractivity contribution in [2.45, 2.75) is 105 Å². The number of methoxy groups -OCH3 is 2. The van der Waals surface area contributed by atoms with Crippen LogP contribution in [-0.4, -0.2) is 52.4 Å². The zero-order valence-electron chi connectivity index (χ0n) is 33.2. The molecule has 8 atom stereocenters. The molecule has 0 radical (unpaired) electrons. The summed E-state index contributed by atoms with van der Waals surface area (Å²) in [5.74, 6) is 1.52. The third kappa shape index (κ3) is 5.72. The lowest BCUT2D eigenvalue weighted by Gasteiger charge is -2.49. The first kappa shape index (κ1) is 36.9. The van der Waals surface area contributed by atoms with E-state index in [4.69, 9.17) is 28.9 Å². The van der Waals surface area contributed by atoms with E-state index in [1.54, 1.807) is 21.0 Å². The van der Waals surface area contributed by atoms with E-state index in [-0.39, 0.29) is 41.4 Å². The van der Waals surface area contributed by atoms with Gasteiger partial charge < -0.3 is 23.5 Å². The highest BCUT2D eigenvalue weighted by Crippen LogP contribution is 2.70. The largest absolute Gasteiger partial charge is 0.495 e. The number of carbonyl (C=O) groups is 2. The van der Waals surface area contributed by atoms with Gasteiger partial charge in [-0.1, -0.05) is 43.2 Å². The van der Waals surface area contributed by atoms with E-state index >= 15 is 0 Å². The molecule has 282 valence electrons. The van der Waals surface area contributed by atoms with Crippen LogP contribution in [0.15, 0.2) is 58.4 Å². The predicted molar refractivity (Wildman–Crippen MR) is 207 cm³/mol. The minimum atomic E-state index is -0.951. The Labute approximate surface area is 314 Å². The number of imidazole rings is 1. The number of hydrogen-bond acceptors (Lipinski definition) is 8. The van der Waals surface area contributed by atoms with Crippen LogP contribution < -0.4 is 14.2 Å². The Kier molecular flexibility index (Phi) is 9.39. The normalized spacial score (nSPS) is 30.1. The smallest absolute Gasteiger partial charge is 0.333 e. The van der Waals surface area contributed by atoms with Crippen LogP contribution in [-0.2, 0) is 20.7 Å². The Morgan fingerprint density at radius 2 is 1.79 bits per heavy atom. The minimum Gasteiger partial charge on any atom is -0.495 e. The van der Waals surface area contributed by atoms with Crippen molar-refractivity contribution in [3.05, 3.63) is 70.1 Å². The number of rotatable bonds is 10. The molecule has 7 rings (SSSR count). The standard InChI is InChI=1S/C44H55N3O6/c1-23(2)13-12-17-43(9)18-16-29-38(52-43)28(15-14-24(3)4)40-34(39(29)50-10)37-36-32(47-20-19-45-42(47)46-37)22-31-33(25(5)6)30(21-26(7)41(49)51-11)35(27(8)48)44(31,36)53-40/h13-14,16,18-21,25,30-33,35-36H,12,15,17,22H2,1-11H3. The maximum absolute atomic E-state index is 14.4. The molecule has 0 N–H and O–H groups in total. The van der Waals surface area contributed by atoms with E-state index in [0.717, 1.165) is 47.4 Å². The summed E-state index contributed by atoms with van der Waals surface area (Å²) in [5.41, 5.74) is 4.91. The van der Waals surface area contributed by atoms with Gasteiger partial charge in [0.1, 0.15) is 34.2 Å². The number of fused-ring (bicyclic) bond motifs is 5. The van der Waals surface area contributed by atoms with Gasteiger partial charge >= 0.3 is 5.97 Å². The molecule has 2 saturated carbocycles. The first-order valence-electron chi connectivity index (χ1n) is 19.2. The number of ether oxygens (including phenoxy) is 4. The van der Waals surface area contributed by atoms with E-state index in [9.17, 15) is 9.59 Å². The monoisotopic (exact) mass is 721 g/mol. The van der Waals surface area contributed by atoms with Crippen LogP contribution in [0.25, 0.3) is 6.08 Å². The van der Waals surface area contributed by atoms with E-state index in [2.05, 4.69) is 77.3 Å². The van der Waals surface area contributed by atoms with Crippen molar-refractivity contribution in [2.24, 2.45) is 40.5 Å². The predicted octanol–water partition coefficient (Wildman–Crippen LogP) is 8.98. The molecule has 0 bridgehead atoms. The Morgan fingerprint density at radius 1 is 1.06 bits per heavy atom. The number of ketones is 1. The summed E-state index contributed by atoms with van der Waals surface area (Å²) in [6.45, 7) is 18.5. The number of nitrogens with zero attached hydrogens (tertiary/aromatic N) is 3. The second kappa shape index (κ2) is 13.5. The van der Waals surface area contributed by atoms with Crippen molar-refractivity contribution in [1.29, 1.82) is 0 Å². The van der Waals surface area contributed by atoms with Crippen LogP contribution in [0.2, 0.25) is 0 Å². The van der Waals surface area contributed by atoms with Gasteiger partial charge in [0.15, 0.2) is 0 Å². The third-order valence-electron chi connectivity index (χ3n) is 12.5. The summed E-state index contributed by atoms with van der Waals surface area (Å²) >= 11 is 0. The maximum Gasteiger partial charge on any atom is 0.333 e. The molecular formula is C44H55N3O6. The van der Waals surface area contributed by atoms with Crippen molar-refractivity contribution >= 4 is 29.5 Å². The van der Waals surface area contributed by atoms with Crippen molar-refractivity contribution in [3.8, 4) is 17.2 Å². The molecule has 1 aromatic carbocycles. The Bertz CT molecular complexity index is 2010. The molecule has 0 saturated heterocycles. The Balaban J connectivity index is 1.53. The topological polar surface area (TPSA) is 101 Å². The number of hydrogen-bond donors (Lipinski definition) is 0.